The van der Waals surface area contributed by atoms with Crippen LogP contribution in [0.5, 0.6) is 0 Å². The molecule has 1 aliphatic heterocycles. The number of hydrogen-bond acceptors (Lipinski definition) is 6. The molecule has 0 aliphatic carbocycles. The number of alkyl halides is 3. The minimum atomic E-state index is -5.08. The van der Waals surface area contributed by atoms with E-state index >= 15 is 0 Å². The van der Waals surface area contributed by atoms with Crippen molar-refractivity contribution in [1.29, 1.82) is 0 Å². The SMILES string of the molecule is CC(C)(C)c1ccc2cc(C(=O)Nc3cnc(N4CCNCC4)nc3)[nH]c2c1.O=C(O)C(F)(F)F. The molecule has 0 unspecified atom stereocenters. The molecule has 1 fully saturated rings. The van der Waals surface area contributed by atoms with E-state index in [1.54, 1.807) is 12.4 Å². The molecule has 12 heteroatoms. The van der Waals surface area contributed by atoms with E-state index in [0.717, 1.165) is 37.1 Å². The maximum Gasteiger partial charge on any atom is 0.490 e. The van der Waals surface area contributed by atoms with Gasteiger partial charge in [-0.05, 0) is 23.1 Å². The molecule has 1 saturated heterocycles. The van der Waals surface area contributed by atoms with Crippen LogP contribution < -0.4 is 15.5 Å². The van der Waals surface area contributed by atoms with Crippen molar-refractivity contribution in [3.05, 3.63) is 47.9 Å². The molecule has 0 saturated carbocycles. The van der Waals surface area contributed by atoms with Gasteiger partial charge in [0.1, 0.15) is 5.69 Å². The lowest BCUT2D eigenvalue weighted by molar-refractivity contribution is -0.192. The first-order valence-corrected chi connectivity index (χ1v) is 10.9. The Labute approximate surface area is 199 Å². The number of benzene rings is 1. The van der Waals surface area contributed by atoms with Crippen LogP contribution in [0.3, 0.4) is 0 Å². The Morgan fingerprint density at radius 1 is 1.06 bits per heavy atom. The summed E-state index contributed by atoms with van der Waals surface area (Å²) in [5.74, 6) is -2.26. The molecule has 1 amide bonds. The number of nitrogens with one attached hydrogen (secondary N) is 3. The monoisotopic (exact) mass is 492 g/mol. The van der Waals surface area contributed by atoms with E-state index in [1.165, 1.54) is 5.56 Å². The summed E-state index contributed by atoms with van der Waals surface area (Å²) in [6, 6.07) is 8.14. The second-order valence-electron chi connectivity index (χ2n) is 9.00. The van der Waals surface area contributed by atoms with Crippen molar-refractivity contribution in [1.82, 2.24) is 20.3 Å². The summed E-state index contributed by atoms with van der Waals surface area (Å²) in [5, 5.41) is 14.3. The van der Waals surface area contributed by atoms with E-state index in [9.17, 15) is 18.0 Å². The molecule has 188 valence electrons. The van der Waals surface area contributed by atoms with Crippen molar-refractivity contribution in [2.24, 2.45) is 0 Å². The number of carboxylic acids is 1. The van der Waals surface area contributed by atoms with Crippen molar-refractivity contribution in [2.75, 3.05) is 36.4 Å². The molecular weight excluding hydrogens is 465 g/mol. The van der Waals surface area contributed by atoms with Gasteiger partial charge in [0.25, 0.3) is 5.91 Å². The Balaban J connectivity index is 0.000000429. The Morgan fingerprint density at radius 3 is 2.20 bits per heavy atom. The Kier molecular flexibility index (Phi) is 7.64. The molecule has 2 aromatic heterocycles. The lowest BCUT2D eigenvalue weighted by Gasteiger charge is -2.27. The highest BCUT2D eigenvalue weighted by molar-refractivity contribution is 6.05. The van der Waals surface area contributed by atoms with Crippen molar-refractivity contribution in [3.8, 4) is 0 Å². The summed E-state index contributed by atoms with van der Waals surface area (Å²) < 4.78 is 31.7. The summed E-state index contributed by atoms with van der Waals surface area (Å²) >= 11 is 0. The number of fused-ring (bicyclic) bond motifs is 1. The summed E-state index contributed by atoms with van der Waals surface area (Å²) in [6.45, 7) is 10.2. The van der Waals surface area contributed by atoms with Crippen molar-refractivity contribution >= 4 is 34.4 Å². The Bertz CT molecular complexity index is 1180. The third kappa shape index (κ3) is 6.92. The zero-order valence-corrected chi connectivity index (χ0v) is 19.5. The number of H-pyrrole nitrogens is 1. The molecule has 3 aromatic rings. The molecule has 0 atom stereocenters. The van der Waals surface area contributed by atoms with Crippen LogP contribution in [0.25, 0.3) is 10.9 Å². The summed E-state index contributed by atoms with van der Waals surface area (Å²) in [4.78, 5) is 35.7. The van der Waals surface area contributed by atoms with Gasteiger partial charge in [-0.1, -0.05) is 32.9 Å². The molecule has 0 spiro atoms. The van der Waals surface area contributed by atoms with Gasteiger partial charge in [0.15, 0.2) is 0 Å². The second kappa shape index (κ2) is 10.3. The number of amides is 1. The van der Waals surface area contributed by atoms with Gasteiger partial charge in [-0.15, -0.1) is 0 Å². The van der Waals surface area contributed by atoms with Crippen molar-refractivity contribution in [3.63, 3.8) is 0 Å². The highest BCUT2D eigenvalue weighted by Crippen LogP contribution is 2.26. The molecule has 1 aliphatic rings. The van der Waals surface area contributed by atoms with Gasteiger partial charge in [-0.3, -0.25) is 4.79 Å². The summed E-state index contributed by atoms with van der Waals surface area (Å²) in [5.41, 5.74) is 3.35. The smallest absolute Gasteiger partial charge is 0.475 e. The van der Waals surface area contributed by atoms with Crippen LogP contribution in [0.15, 0.2) is 36.7 Å². The predicted molar refractivity (Wildman–Crippen MR) is 126 cm³/mol. The fraction of sp³-hybridized carbons (Fsp3) is 0.391. The number of aromatic amines is 1. The van der Waals surface area contributed by atoms with E-state index in [-0.39, 0.29) is 11.3 Å². The van der Waals surface area contributed by atoms with Gasteiger partial charge in [0, 0.05) is 37.1 Å². The average Bonchev–Trinajstić information content (AvgIpc) is 3.23. The summed E-state index contributed by atoms with van der Waals surface area (Å²) in [6.07, 6.45) is -1.77. The van der Waals surface area contributed by atoms with Gasteiger partial charge in [-0.2, -0.15) is 13.2 Å². The van der Waals surface area contributed by atoms with Crippen LogP contribution in [0.4, 0.5) is 24.8 Å². The normalized spacial score (nSPS) is 14.3. The van der Waals surface area contributed by atoms with Gasteiger partial charge in [0.2, 0.25) is 5.95 Å². The number of carboxylic acid groups (broad SMARTS) is 1. The lowest BCUT2D eigenvalue weighted by atomic mass is 9.87. The quantitative estimate of drug-likeness (QED) is 0.441. The van der Waals surface area contributed by atoms with Crippen LogP contribution in [0, 0.1) is 0 Å². The van der Waals surface area contributed by atoms with E-state index in [1.807, 2.05) is 6.07 Å². The molecule has 0 radical (unpaired) electrons. The number of halogens is 3. The van der Waals surface area contributed by atoms with Crippen molar-refractivity contribution in [2.45, 2.75) is 32.4 Å². The number of nitrogens with zero attached hydrogens (tertiary/aromatic N) is 3. The number of aliphatic carboxylic acids is 1. The van der Waals surface area contributed by atoms with Gasteiger partial charge in [-0.25, -0.2) is 14.8 Å². The largest absolute Gasteiger partial charge is 0.490 e. The fourth-order valence-electron chi connectivity index (χ4n) is 3.33. The first-order chi connectivity index (χ1) is 16.3. The third-order valence-electron chi connectivity index (χ3n) is 5.27. The number of hydrogen-bond donors (Lipinski definition) is 4. The van der Waals surface area contributed by atoms with Gasteiger partial charge in [0.05, 0.1) is 18.1 Å². The number of rotatable bonds is 3. The molecule has 1 aromatic carbocycles. The zero-order valence-electron chi connectivity index (χ0n) is 19.5. The van der Waals surface area contributed by atoms with E-state index in [0.29, 0.717) is 17.3 Å². The average molecular weight is 493 g/mol. The highest BCUT2D eigenvalue weighted by atomic mass is 19.4. The van der Waals surface area contributed by atoms with Crippen molar-refractivity contribution < 1.29 is 27.9 Å². The molecule has 3 heterocycles. The topological polar surface area (TPSA) is 123 Å². The number of piperazine rings is 1. The maximum atomic E-state index is 12.6. The number of aromatic nitrogens is 3. The van der Waals surface area contributed by atoms with Crippen LogP contribution in [0.1, 0.15) is 36.8 Å². The molecule has 4 N–H and O–H groups in total. The van der Waals surface area contributed by atoms with Crippen LogP contribution in [0.2, 0.25) is 0 Å². The fourth-order valence-corrected chi connectivity index (χ4v) is 3.33. The predicted octanol–water partition coefficient (Wildman–Crippen LogP) is 3.55. The standard InChI is InChI=1S/C21H26N6O.C2HF3O2/c1-21(2,3)15-5-4-14-10-18(26-17(14)11-15)19(28)25-16-12-23-20(24-13-16)27-8-6-22-7-9-27;3-2(4,5)1(6)7/h4-5,10-13,22,26H,6-9H2,1-3H3,(H,25,28);(H,6,7). The Morgan fingerprint density at radius 2 is 1.66 bits per heavy atom. The number of anilines is 2. The second-order valence-corrected chi connectivity index (χ2v) is 9.00. The molecular formula is C23H27F3N6O3. The number of carbonyl (C=O) groups is 2. The molecule has 35 heavy (non-hydrogen) atoms. The van der Waals surface area contributed by atoms with E-state index < -0.39 is 12.1 Å². The maximum absolute atomic E-state index is 12.6. The minimum Gasteiger partial charge on any atom is -0.475 e. The minimum absolute atomic E-state index is 0.0607. The Hall–Kier alpha value is -3.67. The molecule has 4 rings (SSSR count). The zero-order chi connectivity index (χ0) is 25.8. The van der Waals surface area contributed by atoms with E-state index in [2.05, 4.69) is 69.5 Å². The van der Waals surface area contributed by atoms with Crippen LogP contribution >= 0.6 is 0 Å². The van der Waals surface area contributed by atoms with Gasteiger partial charge >= 0.3 is 12.1 Å². The van der Waals surface area contributed by atoms with Crippen LogP contribution in [-0.4, -0.2) is 64.3 Å². The first kappa shape index (κ1) is 25.9. The first-order valence-electron chi connectivity index (χ1n) is 10.9. The number of carbonyl (C=O) groups excluding carboxylic acids is 1. The van der Waals surface area contributed by atoms with Crippen LogP contribution in [-0.2, 0) is 10.2 Å². The third-order valence-corrected chi connectivity index (χ3v) is 5.27. The highest BCUT2D eigenvalue weighted by Gasteiger charge is 2.38. The lowest BCUT2D eigenvalue weighted by Crippen LogP contribution is -2.44. The van der Waals surface area contributed by atoms with E-state index in [4.69, 9.17) is 9.90 Å². The summed E-state index contributed by atoms with van der Waals surface area (Å²) in [7, 11) is 0. The molecule has 0 bridgehead atoms. The van der Waals surface area contributed by atoms with Gasteiger partial charge < -0.3 is 25.6 Å². The molecule has 9 nitrogen and oxygen atoms in total.